The van der Waals surface area contributed by atoms with E-state index in [0.717, 1.165) is 36.3 Å². The largest absolute Gasteiger partial charge is 0.492 e. The topological polar surface area (TPSA) is 41.6 Å². The second kappa shape index (κ2) is 9.28. The van der Waals surface area contributed by atoms with Crippen LogP contribution >= 0.6 is 28.3 Å². The van der Waals surface area contributed by atoms with Gasteiger partial charge in [-0.25, -0.2) is 0 Å². The summed E-state index contributed by atoms with van der Waals surface area (Å²) in [7, 11) is 1.95. The summed E-state index contributed by atoms with van der Waals surface area (Å²) in [5, 5.41) is 3.17. The van der Waals surface area contributed by atoms with Gasteiger partial charge in [0.1, 0.15) is 5.75 Å². The summed E-state index contributed by atoms with van der Waals surface area (Å²) in [5.41, 5.74) is 0. The molecular weight excluding hydrogens is 356 g/mol. The van der Waals surface area contributed by atoms with Gasteiger partial charge in [0, 0.05) is 13.1 Å². The van der Waals surface area contributed by atoms with Crippen molar-refractivity contribution in [3.8, 4) is 5.75 Å². The maximum atomic E-state index is 12.1. The van der Waals surface area contributed by atoms with Crippen LogP contribution in [0.5, 0.6) is 5.75 Å². The van der Waals surface area contributed by atoms with Gasteiger partial charge in [-0.3, -0.25) is 4.79 Å². The number of nitrogens with zero attached hydrogens (tertiary/aromatic N) is 1. The van der Waals surface area contributed by atoms with Crippen LogP contribution in [-0.2, 0) is 4.79 Å². The average Bonchev–Trinajstić information content (AvgIpc) is 2.90. The van der Waals surface area contributed by atoms with Crippen molar-refractivity contribution in [3.05, 3.63) is 28.7 Å². The van der Waals surface area contributed by atoms with E-state index in [-0.39, 0.29) is 18.3 Å². The van der Waals surface area contributed by atoms with E-state index in [0.29, 0.717) is 18.9 Å². The molecule has 1 atom stereocenters. The molecule has 118 valence electrons. The Morgan fingerprint density at radius 2 is 2.24 bits per heavy atom. The predicted octanol–water partition coefficient (Wildman–Crippen LogP) is 2.71. The summed E-state index contributed by atoms with van der Waals surface area (Å²) in [4.78, 5) is 14.0. The Bertz CT molecular complexity index is 459. The van der Waals surface area contributed by atoms with Crippen LogP contribution in [0.1, 0.15) is 12.8 Å². The van der Waals surface area contributed by atoms with E-state index in [4.69, 9.17) is 4.74 Å². The van der Waals surface area contributed by atoms with E-state index < -0.39 is 0 Å². The van der Waals surface area contributed by atoms with E-state index in [1.54, 1.807) is 0 Å². The first-order chi connectivity index (χ1) is 9.70. The highest BCUT2D eigenvalue weighted by Gasteiger charge is 2.25. The highest BCUT2D eigenvalue weighted by molar-refractivity contribution is 9.10. The number of ether oxygens (including phenoxy) is 1. The third kappa shape index (κ3) is 5.49. The summed E-state index contributed by atoms with van der Waals surface area (Å²) < 4.78 is 6.55. The lowest BCUT2D eigenvalue weighted by Gasteiger charge is -2.17. The lowest BCUT2D eigenvalue weighted by molar-refractivity contribution is -0.130. The fourth-order valence-corrected chi connectivity index (χ4v) is 2.88. The van der Waals surface area contributed by atoms with Crippen LogP contribution in [0.2, 0.25) is 0 Å². The molecule has 1 saturated heterocycles. The molecule has 1 amide bonds. The number of hydrogen-bond donors (Lipinski definition) is 1. The van der Waals surface area contributed by atoms with Crippen LogP contribution in [0, 0.1) is 5.92 Å². The molecule has 1 aromatic rings. The summed E-state index contributed by atoms with van der Waals surface area (Å²) in [6.45, 7) is 3.15. The van der Waals surface area contributed by atoms with Gasteiger partial charge in [-0.2, -0.15) is 0 Å². The standard InChI is InChI=1S/C15H21BrN2O2.ClH/c1-17-10-12-6-8-18(11-12)15(19)7-9-20-14-5-3-2-4-13(14)16;/h2-5,12,17H,6-11H2,1H3;1H. The molecule has 1 fully saturated rings. The Labute approximate surface area is 140 Å². The zero-order valence-electron chi connectivity index (χ0n) is 12.2. The average molecular weight is 378 g/mol. The molecule has 0 radical (unpaired) electrons. The summed E-state index contributed by atoms with van der Waals surface area (Å²) in [6.07, 6.45) is 1.53. The number of halogens is 2. The monoisotopic (exact) mass is 376 g/mol. The molecular formula is C15H22BrClN2O2. The molecule has 4 nitrogen and oxygen atoms in total. The van der Waals surface area contributed by atoms with Crippen molar-refractivity contribution < 1.29 is 9.53 Å². The van der Waals surface area contributed by atoms with Crippen molar-refractivity contribution in [2.75, 3.05) is 33.3 Å². The van der Waals surface area contributed by atoms with Gasteiger partial charge in [-0.15, -0.1) is 12.4 Å². The summed E-state index contributed by atoms with van der Waals surface area (Å²) in [6, 6.07) is 7.69. The minimum absolute atomic E-state index is 0. The van der Waals surface area contributed by atoms with Crippen LogP contribution < -0.4 is 10.1 Å². The molecule has 0 spiro atoms. The number of amides is 1. The molecule has 1 heterocycles. The number of nitrogens with one attached hydrogen (secondary N) is 1. The highest BCUT2D eigenvalue weighted by atomic mass is 79.9. The van der Waals surface area contributed by atoms with Gasteiger partial charge in [-0.1, -0.05) is 12.1 Å². The highest BCUT2D eigenvalue weighted by Crippen LogP contribution is 2.24. The smallest absolute Gasteiger partial charge is 0.226 e. The minimum atomic E-state index is 0. The van der Waals surface area contributed by atoms with Crippen molar-refractivity contribution in [2.24, 2.45) is 5.92 Å². The first-order valence-corrected chi connectivity index (χ1v) is 7.79. The van der Waals surface area contributed by atoms with Crippen molar-refractivity contribution in [1.29, 1.82) is 0 Å². The minimum Gasteiger partial charge on any atom is -0.492 e. The zero-order chi connectivity index (χ0) is 14.4. The number of benzene rings is 1. The van der Waals surface area contributed by atoms with Gasteiger partial charge in [0.2, 0.25) is 5.91 Å². The van der Waals surface area contributed by atoms with Gasteiger partial charge in [-0.05, 0) is 54.0 Å². The SMILES string of the molecule is CNCC1CCN(C(=O)CCOc2ccccc2Br)C1.Cl. The molecule has 21 heavy (non-hydrogen) atoms. The van der Waals surface area contributed by atoms with Crippen LogP contribution in [0.3, 0.4) is 0 Å². The van der Waals surface area contributed by atoms with E-state index in [9.17, 15) is 4.79 Å². The molecule has 0 aromatic heterocycles. The summed E-state index contributed by atoms with van der Waals surface area (Å²) in [5.74, 6) is 1.57. The van der Waals surface area contributed by atoms with Gasteiger partial charge < -0.3 is 15.0 Å². The van der Waals surface area contributed by atoms with Crippen molar-refractivity contribution in [3.63, 3.8) is 0 Å². The third-order valence-corrected chi connectivity index (χ3v) is 4.20. The Balaban J connectivity index is 0.00000220. The molecule has 1 unspecified atom stereocenters. The van der Waals surface area contributed by atoms with Crippen molar-refractivity contribution in [2.45, 2.75) is 12.8 Å². The fraction of sp³-hybridized carbons (Fsp3) is 0.533. The molecule has 1 aliphatic rings. The van der Waals surface area contributed by atoms with E-state index in [1.165, 1.54) is 0 Å². The van der Waals surface area contributed by atoms with Crippen LogP contribution in [0.15, 0.2) is 28.7 Å². The van der Waals surface area contributed by atoms with Gasteiger partial charge in [0.05, 0.1) is 17.5 Å². The molecule has 1 N–H and O–H groups in total. The Morgan fingerprint density at radius 1 is 1.48 bits per heavy atom. The first kappa shape index (κ1) is 18.3. The number of para-hydroxylation sites is 1. The normalized spacial score (nSPS) is 17.4. The number of carbonyl (C=O) groups is 1. The molecule has 1 aliphatic heterocycles. The Morgan fingerprint density at radius 3 is 2.95 bits per heavy atom. The Kier molecular flexibility index (Phi) is 8.07. The van der Waals surface area contributed by atoms with Crippen LogP contribution in [0.25, 0.3) is 0 Å². The molecule has 2 rings (SSSR count). The number of rotatable bonds is 6. The molecule has 0 saturated carbocycles. The van der Waals surface area contributed by atoms with E-state index in [1.807, 2.05) is 36.2 Å². The second-order valence-electron chi connectivity index (χ2n) is 5.08. The fourth-order valence-electron chi connectivity index (χ4n) is 2.48. The molecule has 0 bridgehead atoms. The number of hydrogen-bond acceptors (Lipinski definition) is 3. The van der Waals surface area contributed by atoms with Gasteiger partial charge >= 0.3 is 0 Å². The quantitative estimate of drug-likeness (QED) is 0.829. The molecule has 1 aromatic carbocycles. The third-order valence-electron chi connectivity index (χ3n) is 3.54. The molecule has 0 aliphatic carbocycles. The van der Waals surface area contributed by atoms with Crippen LogP contribution in [-0.4, -0.2) is 44.1 Å². The van der Waals surface area contributed by atoms with Crippen molar-refractivity contribution in [1.82, 2.24) is 10.2 Å². The first-order valence-electron chi connectivity index (χ1n) is 7.00. The lowest BCUT2D eigenvalue weighted by atomic mass is 10.1. The number of likely N-dealkylation sites (tertiary alicyclic amines) is 1. The molecule has 6 heteroatoms. The summed E-state index contributed by atoms with van der Waals surface area (Å²) >= 11 is 3.43. The van der Waals surface area contributed by atoms with Gasteiger partial charge in [0.25, 0.3) is 0 Å². The second-order valence-corrected chi connectivity index (χ2v) is 5.94. The maximum absolute atomic E-state index is 12.1. The van der Waals surface area contributed by atoms with Crippen molar-refractivity contribution >= 4 is 34.2 Å². The Hall–Kier alpha value is -0.780. The lowest BCUT2D eigenvalue weighted by Crippen LogP contribution is -2.31. The van der Waals surface area contributed by atoms with E-state index in [2.05, 4.69) is 21.2 Å². The van der Waals surface area contributed by atoms with E-state index >= 15 is 0 Å². The predicted molar refractivity (Wildman–Crippen MR) is 90.1 cm³/mol. The maximum Gasteiger partial charge on any atom is 0.226 e. The van der Waals surface area contributed by atoms with Gasteiger partial charge in [0.15, 0.2) is 0 Å². The number of carbonyl (C=O) groups excluding carboxylic acids is 1. The van der Waals surface area contributed by atoms with Crippen LogP contribution in [0.4, 0.5) is 0 Å². The zero-order valence-corrected chi connectivity index (χ0v) is 14.6.